The van der Waals surface area contributed by atoms with E-state index in [1.54, 1.807) is 13.0 Å². The molecule has 0 aliphatic heterocycles. The Morgan fingerprint density at radius 2 is 2.36 bits per heavy atom. The number of nitrogens with zero attached hydrogens (tertiary/aromatic N) is 1. The number of hydrogen-bond donors (Lipinski definition) is 2. The summed E-state index contributed by atoms with van der Waals surface area (Å²) in [5, 5.41) is 11.5. The number of aryl methyl sites for hydroxylation is 1. The second kappa shape index (κ2) is 2.95. The van der Waals surface area contributed by atoms with E-state index in [0.717, 1.165) is 10.2 Å². The highest BCUT2D eigenvalue weighted by molar-refractivity contribution is 7.16. The van der Waals surface area contributed by atoms with Gasteiger partial charge in [-0.1, -0.05) is 0 Å². The highest BCUT2D eigenvalue weighted by atomic mass is 32.1. The van der Waals surface area contributed by atoms with Crippen molar-refractivity contribution in [2.45, 2.75) is 6.92 Å². The molecular weight excluding hydrogens is 200 g/mol. The number of rotatable bonds is 1. The first-order chi connectivity index (χ1) is 6.61. The maximum atomic E-state index is 10.9. The molecule has 0 aliphatic rings. The van der Waals surface area contributed by atoms with Crippen LogP contribution >= 0.6 is 11.3 Å². The lowest BCUT2D eigenvalue weighted by Crippen LogP contribution is -2.06. The number of aromatic carboxylic acids is 1. The third-order valence-electron chi connectivity index (χ3n) is 2.05. The second-order valence-corrected chi connectivity index (χ2v) is 3.83. The number of hydrogen-bond acceptors (Lipinski definition) is 4. The number of nitrogens with two attached hydrogens (primary N) is 1. The molecule has 4 nitrogen and oxygen atoms in total. The van der Waals surface area contributed by atoms with Gasteiger partial charge in [0.2, 0.25) is 0 Å². The Bertz CT molecular complexity index is 519. The van der Waals surface area contributed by atoms with E-state index in [0.29, 0.717) is 11.4 Å². The van der Waals surface area contributed by atoms with E-state index in [1.165, 1.54) is 11.3 Å². The van der Waals surface area contributed by atoms with Gasteiger partial charge in [-0.05, 0) is 18.4 Å². The van der Waals surface area contributed by atoms with Crippen molar-refractivity contribution in [1.29, 1.82) is 0 Å². The van der Waals surface area contributed by atoms with Crippen molar-refractivity contribution in [3.8, 4) is 0 Å². The van der Waals surface area contributed by atoms with Crippen molar-refractivity contribution in [3.63, 3.8) is 0 Å². The van der Waals surface area contributed by atoms with Crippen LogP contribution in [0.1, 0.15) is 16.1 Å². The van der Waals surface area contributed by atoms with Crippen molar-refractivity contribution in [3.05, 3.63) is 22.7 Å². The first kappa shape index (κ1) is 8.96. The van der Waals surface area contributed by atoms with E-state index in [1.807, 2.05) is 5.38 Å². The van der Waals surface area contributed by atoms with Gasteiger partial charge in [-0.2, -0.15) is 0 Å². The van der Waals surface area contributed by atoms with Crippen LogP contribution in [0.4, 0.5) is 5.69 Å². The van der Waals surface area contributed by atoms with Crippen LogP contribution in [0.2, 0.25) is 0 Å². The third-order valence-corrected chi connectivity index (χ3v) is 2.86. The molecule has 2 heterocycles. The maximum Gasteiger partial charge on any atom is 0.339 e. The summed E-state index contributed by atoms with van der Waals surface area (Å²) in [6.45, 7) is 1.65. The summed E-state index contributed by atoms with van der Waals surface area (Å²) in [4.78, 5) is 15.8. The number of carbonyl (C=O) groups is 1. The van der Waals surface area contributed by atoms with Crippen LogP contribution in [0.25, 0.3) is 10.2 Å². The zero-order valence-corrected chi connectivity index (χ0v) is 8.26. The van der Waals surface area contributed by atoms with Crippen LogP contribution < -0.4 is 5.73 Å². The lowest BCUT2D eigenvalue weighted by Gasteiger charge is -2.04. The van der Waals surface area contributed by atoms with Crippen molar-refractivity contribution in [2.24, 2.45) is 0 Å². The predicted molar refractivity (Wildman–Crippen MR) is 55.7 cm³/mol. The van der Waals surface area contributed by atoms with E-state index in [2.05, 4.69) is 4.98 Å². The lowest BCUT2D eigenvalue weighted by molar-refractivity contribution is 0.0697. The average Bonchev–Trinajstić information content (AvgIpc) is 2.50. The highest BCUT2D eigenvalue weighted by Gasteiger charge is 2.16. The van der Waals surface area contributed by atoms with Gasteiger partial charge in [0.15, 0.2) is 0 Å². The molecule has 0 atom stereocenters. The van der Waals surface area contributed by atoms with Crippen molar-refractivity contribution < 1.29 is 9.90 Å². The van der Waals surface area contributed by atoms with Crippen LogP contribution in [-0.4, -0.2) is 16.1 Å². The van der Waals surface area contributed by atoms with Gasteiger partial charge in [-0.15, -0.1) is 11.3 Å². The van der Waals surface area contributed by atoms with Crippen molar-refractivity contribution in [2.75, 3.05) is 5.73 Å². The molecule has 0 amide bonds. The summed E-state index contributed by atoms with van der Waals surface area (Å²) in [6, 6.07) is 1.79. The lowest BCUT2D eigenvalue weighted by atomic mass is 10.1. The molecule has 2 aromatic heterocycles. The number of carboxylic acid groups (broad SMARTS) is 1. The van der Waals surface area contributed by atoms with E-state index >= 15 is 0 Å². The standard InChI is InChI=1S/C9H8N2O2S/c1-4-6(9(12)13)7(10)5-2-3-14-8(5)11-4/h2-3H,1H3,(H2,10,11)(H,12,13). The maximum absolute atomic E-state index is 10.9. The number of pyridine rings is 1. The Labute approximate surface area is 84.0 Å². The number of carboxylic acids is 1. The minimum Gasteiger partial charge on any atom is -0.478 e. The van der Waals surface area contributed by atoms with Crippen LogP contribution in [-0.2, 0) is 0 Å². The fourth-order valence-corrected chi connectivity index (χ4v) is 2.23. The molecule has 0 spiro atoms. The van der Waals surface area contributed by atoms with Gasteiger partial charge in [0, 0.05) is 5.39 Å². The Hall–Kier alpha value is -1.62. The quantitative estimate of drug-likeness (QED) is 0.750. The second-order valence-electron chi connectivity index (χ2n) is 2.93. The van der Waals surface area contributed by atoms with Crippen molar-refractivity contribution >= 4 is 33.2 Å². The molecule has 14 heavy (non-hydrogen) atoms. The highest BCUT2D eigenvalue weighted by Crippen LogP contribution is 2.28. The Kier molecular flexibility index (Phi) is 1.89. The molecular formula is C9H8N2O2S. The summed E-state index contributed by atoms with van der Waals surface area (Å²) in [5.74, 6) is -1.03. The van der Waals surface area contributed by atoms with Crippen LogP contribution in [0.15, 0.2) is 11.4 Å². The molecule has 2 rings (SSSR count). The molecule has 0 saturated heterocycles. The summed E-state index contributed by atoms with van der Waals surface area (Å²) in [5.41, 5.74) is 6.63. The number of nitrogen functional groups attached to an aromatic ring is 1. The number of fused-ring (bicyclic) bond motifs is 1. The van der Waals surface area contributed by atoms with E-state index in [4.69, 9.17) is 10.8 Å². The molecule has 72 valence electrons. The predicted octanol–water partition coefficient (Wildman–Crippen LogP) is 1.89. The van der Waals surface area contributed by atoms with Gasteiger partial charge in [0.05, 0.1) is 11.4 Å². The third kappa shape index (κ3) is 1.13. The minimum absolute atomic E-state index is 0.107. The minimum atomic E-state index is -1.03. The average molecular weight is 208 g/mol. The fraction of sp³-hybridized carbons (Fsp3) is 0.111. The van der Waals surface area contributed by atoms with E-state index in [-0.39, 0.29) is 5.56 Å². The Morgan fingerprint density at radius 3 is 3.00 bits per heavy atom. The molecule has 3 N–H and O–H groups in total. The van der Waals surface area contributed by atoms with Gasteiger partial charge in [-0.25, -0.2) is 9.78 Å². The fourth-order valence-electron chi connectivity index (χ4n) is 1.40. The molecule has 0 radical (unpaired) electrons. The van der Waals surface area contributed by atoms with Crippen molar-refractivity contribution in [1.82, 2.24) is 4.98 Å². The molecule has 2 aromatic rings. The summed E-state index contributed by atoms with van der Waals surface area (Å²) >= 11 is 1.45. The number of thiophene rings is 1. The van der Waals surface area contributed by atoms with Crippen LogP contribution in [0, 0.1) is 6.92 Å². The first-order valence-electron chi connectivity index (χ1n) is 3.98. The SMILES string of the molecule is Cc1nc2sccc2c(N)c1C(=O)O. The normalized spacial score (nSPS) is 10.6. The Morgan fingerprint density at radius 1 is 1.64 bits per heavy atom. The Balaban J connectivity index is 2.89. The smallest absolute Gasteiger partial charge is 0.339 e. The van der Waals surface area contributed by atoms with E-state index in [9.17, 15) is 4.79 Å². The molecule has 0 aliphatic carbocycles. The molecule has 0 bridgehead atoms. The molecule has 0 saturated carbocycles. The zero-order chi connectivity index (χ0) is 10.3. The zero-order valence-electron chi connectivity index (χ0n) is 7.44. The monoisotopic (exact) mass is 208 g/mol. The number of anilines is 1. The van der Waals surface area contributed by atoms with Gasteiger partial charge in [-0.3, -0.25) is 0 Å². The van der Waals surface area contributed by atoms with E-state index < -0.39 is 5.97 Å². The molecule has 0 fully saturated rings. The molecule has 0 aromatic carbocycles. The summed E-state index contributed by atoms with van der Waals surface area (Å²) < 4.78 is 0. The summed E-state index contributed by atoms with van der Waals surface area (Å²) in [6.07, 6.45) is 0. The molecule has 5 heteroatoms. The van der Waals surface area contributed by atoms with Crippen LogP contribution in [0.5, 0.6) is 0 Å². The topological polar surface area (TPSA) is 76.2 Å². The largest absolute Gasteiger partial charge is 0.478 e. The van der Waals surface area contributed by atoms with Gasteiger partial charge < -0.3 is 10.8 Å². The van der Waals surface area contributed by atoms with Gasteiger partial charge >= 0.3 is 5.97 Å². The first-order valence-corrected chi connectivity index (χ1v) is 4.86. The molecule has 0 unspecified atom stereocenters. The number of aromatic nitrogens is 1. The van der Waals surface area contributed by atoms with Crippen LogP contribution in [0.3, 0.4) is 0 Å². The van der Waals surface area contributed by atoms with Gasteiger partial charge in [0.25, 0.3) is 0 Å². The van der Waals surface area contributed by atoms with Gasteiger partial charge in [0.1, 0.15) is 10.4 Å². The summed E-state index contributed by atoms with van der Waals surface area (Å²) in [7, 11) is 0.